The normalized spacial score (nSPS) is 15.3. The number of non-ortho nitro benzene ring substituents is 1. The van der Waals surface area contributed by atoms with E-state index in [4.69, 9.17) is 5.73 Å². The number of rotatable bonds is 5. The van der Waals surface area contributed by atoms with Crippen LogP contribution in [0.15, 0.2) is 18.2 Å². The van der Waals surface area contributed by atoms with E-state index in [1.54, 1.807) is 6.07 Å². The zero-order chi connectivity index (χ0) is 12.3. The molecule has 5 nitrogen and oxygen atoms in total. The van der Waals surface area contributed by atoms with Crippen LogP contribution in [0.1, 0.15) is 25.7 Å². The second-order valence-corrected chi connectivity index (χ2v) is 4.58. The first-order chi connectivity index (χ1) is 8.15. The Morgan fingerprint density at radius 1 is 1.41 bits per heavy atom. The van der Waals surface area contributed by atoms with Crippen molar-refractivity contribution in [1.29, 1.82) is 0 Å². The number of nitrogen functional groups attached to an aromatic ring is 1. The standard InChI is InChI=1S/C12H17N3O2/c13-10-6-11(8-12(7-10)15(16)17)14-5-4-9-2-1-3-9/h6-9,14H,1-5,13H2. The summed E-state index contributed by atoms with van der Waals surface area (Å²) in [5, 5.41) is 13.9. The summed E-state index contributed by atoms with van der Waals surface area (Å²) in [7, 11) is 0. The van der Waals surface area contributed by atoms with E-state index in [-0.39, 0.29) is 5.69 Å². The first-order valence-electron chi connectivity index (χ1n) is 5.94. The lowest BCUT2D eigenvalue weighted by atomic mass is 9.83. The molecule has 0 heterocycles. The fourth-order valence-electron chi connectivity index (χ4n) is 2.04. The van der Waals surface area contributed by atoms with E-state index in [0.29, 0.717) is 5.69 Å². The summed E-state index contributed by atoms with van der Waals surface area (Å²) in [5.74, 6) is 0.832. The maximum absolute atomic E-state index is 10.7. The SMILES string of the molecule is Nc1cc(NCCC2CCC2)cc([N+](=O)[O-])c1. The van der Waals surface area contributed by atoms with Crippen LogP contribution >= 0.6 is 0 Å². The molecule has 0 amide bonds. The minimum atomic E-state index is -0.423. The van der Waals surface area contributed by atoms with E-state index < -0.39 is 4.92 Å². The van der Waals surface area contributed by atoms with Crippen LogP contribution < -0.4 is 11.1 Å². The number of nitro benzene ring substituents is 1. The van der Waals surface area contributed by atoms with E-state index in [1.807, 2.05) is 0 Å². The number of nitrogens with zero attached hydrogens (tertiary/aromatic N) is 1. The highest BCUT2D eigenvalue weighted by molar-refractivity contribution is 5.61. The zero-order valence-corrected chi connectivity index (χ0v) is 9.69. The Morgan fingerprint density at radius 3 is 2.76 bits per heavy atom. The summed E-state index contributed by atoms with van der Waals surface area (Å²) in [4.78, 5) is 10.2. The van der Waals surface area contributed by atoms with E-state index in [0.717, 1.165) is 24.6 Å². The van der Waals surface area contributed by atoms with Crippen LogP contribution in [0.4, 0.5) is 17.1 Å². The van der Waals surface area contributed by atoms with Crippen LogP contribution in [-0.4, -0.2) is 11.5 Å². The second kappa shape index (κ2) is 5.03. The third kappa shape index (κ3) is 3.09. The summed E-state index contributed by atoms with van der Waals surface area (Å²) in [6, 6.07) is 4.63. The van der Waals surface area contributed by atoms with E-state index in [9.17, 15) is 10.1 Å². The third-order valence-corrected chi connectivity index (χ3v) is 3.26. The number of nitrogens with one attached hydrogen (secondary N) is 1. The van der Waals surface area contributed by atoms with Crippen LogP contribution in [0.2, 0.25) is 0 Å². The molecule has 92 valence electrons. The highest BCUT2D eigenvalue weighted by Crippen LogP contribution is 2.29. The molecule has 3 N–H and O–H groups in total. The Balaban J connectivity index is 1.92. The van der Waals surface area contributed by atoms with Crippen LogP contribution in [0.5, 0.6) is 0 Å². The van der Waals surface area contributed by atoms with Gasteiger partial charge in [0.2, 0.25) is 0 Å². The monoisotopic (exact) mass is 235 g/mol. The molecule has 0 bridgehead atoms. The molecule has 1 fully saturated rings. The lowest BCUT2D eigenvalue weighted by molar-refractivity contribution is -0.384. The van der Waals surface area contributed by atoms with Crippen LogP contribution in [0.25, 0.3) is 0 Å². The Bertz CT molecular complexity index is 416. The number of nitro groups is 1. The van der Waals surface area contributed by atoms with Gasteiger partial charge < -0.3 is 11.1 Å². The maximum Gasteiger partial charge on any atom is 0.273 e. The molecule has 0 aliphatic heterocycles. The first-order valence-corrected chi connectivity index (χ1v) is 5.94. The molecule has 1 aliphatic carbocycles. The van der Waals surface area contributed by atoms with Gasteiger partial charge in [-0.25, -0.2) is 0 Å². The number of nitrogens with two attached hydrogens (primary N) is 1. The molecule has 0 unspecified atom stereocenters. The van der Waals surface area contributed by atoms with Gasteiger partial charge in [-0.3, -0.25) is 10.1 Å². The molecular formula is C12H17N3O2. The molecule has 17 heavy (non-hydrogen) atoms. The van der Waals surface area contributed by atoms with Gasteiger partial charge in [-0.2, -0.15) is 0 Å². The van der Waals surface area contributed by atoms with E-state index >= 15 is 0 Å². The van der Waals surface area contributed by atoms with Crippen molar-refractivity contribution in [3.8, 4) is 0 Å². The van der Waals surface area contributed by atoms with Crippen molar-refractivity contribution in [2.75, 3.05) is 17.6 Å². The molecule has 1 aromatic rings. The van der Waals surface area contributed by atoms with E-state index in [1.165, 1.54) is 31.4 Å². The van der Waals surface area contributed by atoms with Gasteiger partial charge in [0.25, 0.3) is 5.69 Å². The minimum Gasteiger partial charge on any atom is -0.398 e. The molecule has 0 radical (unpaired) electrons. The van der Waals surface area contributed by atoms with Crippen molar-refractivity contribution in [3.63, 3.8) is 0 Å². The molecule has 1 saturated carbocycles. The predicted molar refractivity (Wildman–Crippen MR) is 68.0 cm³/mol. The quantitative estimate of drug-likeness (QED) is 0.467. The Kier molecular flexibility index (Phi) is 3.46. The van der Waals surface area contributed by atoms with Crippen molar-refractivity contribution in [1.82, 2.24) is 0 Å². The largest absolute Gasteiger partial charge is 0.398 e. The first kappa shape index (κ1) is 11.7. The van der Waals surface area contributed by atoms with Gasteiger partial charge in [-0.1, -0.05) is 19.3 Å². The minimum absolute atomic E-state index is 0.0381. The van der Waals surface area contributed by atoms with Crippen molar-refractivity contribution in [3.05, 3.63) is 28.3 Å². The lowest BCUT2D eigenvalue weighted by Crippen LogP contribution is -2.15. The summed E-state index contributed by atoms with van der Waals surface area (Å²) in [6.07, 6.45) is 5.11. The smallest absolute Gasteiger partial charge is 0.273 e. The molecule has 1 aliphatic rings. The highest BCUT2D eigenvalue weighted by atomic mass is 16.6. The van der Waals surface area contributed by atoms with Gasteiger partial charge in [0.05, 0.1) is 4.92 Å². The molecular weight excluding hydrogens is 218 g/mol. The van der Waals surface area contributed by atoms with Gasteiger partial charge in [0.15, 0.2) is 0 Å². The molecule has 0 spiro atoms. The van der Waals surface area contributed by atoms with Gasteiger partial charge in [0.1, 0.15) is 0 Å². The molecule has 2 rings (SSSR count). The fraction of sp³-hybridized carbons (Fsp3) is 0.500. The average molecular weight is 235 g/mol. The van der Waals surface area contributed by atoms with Crippen LogP contribution in [0.3, 0.4) is 0 Å². The van der Waals surface area contributed by atoms with Crippen molar-refractivity contribution in [2.24, 2.45) is 5.92 Å². The summed E-state index contributed by atoms with van der Waals surface area (Å²) < 4.78 is 0. The molecule has 0 saturated heterocycles. The van der Waals surface area contributed by atoms with Crippen molar-refractivity contribution < 1.29 is 4.92 Å². The maximum atomic E-state index is 10.7. The van der Waals surface area contributed by atoms with Gasteiger partial charge in [-0.15, -0.1) is 0 Å². The van der Waals surface area contributed by atoms with Crippen molar-refractivity contribution in [2.45, 2.75) is 25.7 Å². The van der Waals surface area contributed by atoms with Gasteiger partial charge in [0, 0.05) is 30.1 Å². The zero-order valence-electron chi connectivity index (χ0n) is 9.69. The number of anilines is 2. The average Bonchev–Trinajstić information content (AvgIpc) is 2.21. The molecule has 0 aromatic heterocycles. The number of benzene rings is 1. The Labute approximate surface area is 100 Å². The summed E-state index contributed by atoms with van der Waals surface area (Å²) in [6.45, 7) is 0.852. The third-order valence-electron chi connectivity index (χ3n) is 3.26. The summed E-state index contributed by atoms with van der Waals surface area (Å²) >= 11 is 0. The van der Waals surface area contributed by atoms with Crippen LogP contribution in [0, 0.1) is 16.0 Å². The topological polar surface area (TPSA) is 81.2 Å². The number of hydrogen-bond acceptors (Lipinski definition) is 4. The van der Waals surface area contributed by atoms with E-state index in [2.05, 4.69) is 5.32 Å². The second-order valence-electron chi connectivity index (χ2n) is 4.58. The fourth-order valence-corrected chi connectivity index (χ4v) is 2.04. The summed E-state index contributed by atoms with van der Waals surface area (Å²) in [5.41, 5.74) is 6.81. The molecule has 1 aromatic carbocycles. The Hall–Kier alpha value is -1.78. The molecule has 0 atom stereocenters. The number of hydrogen-bond donors (Lipinski definition) is 2. The van der Waals surface area contributed by atoms with Crippen LogP contribution in [-0.2, 0) is 0 Å². The Morgan fingerprint density at radius 2 is 2.18 bits per heavy atom. The van der Waals surface area contributed by atoms with Gasteiger partial charge in [-0.05, 0) is 18.4 Å². The molecule has 5 heteroatoms. The van der Waals surface area contributed by atoms with Gasteiger partial charge >= 0.3 is 0 Å². The lowest BCUT2D eigenvalue weighted by Gasteiger charge is -2.25. The predicted octanol–water partition coefficient (Wildman–Crippen LogP) is 2.78. The van der Waals surface area contributed by atoms with Crippen molar-refractivity contribution >= 4 is 17.1 Å². The highest BCUT2D eigenvalue weighted by Gasteiger charge is 2.16.